The summed E-state index contributed by atoms with van der Waals surface area (Å²) in [5, 5.41) is 11.4. The molecule has 0 heterocycles. The number of carboxylic acids is 1. The van der Waals surface area contributed by atoms with Crippen molar-refractivity contribution < 1.29 is 19.5 Å². The van der Waals surface area contributed by atoms with E-state index in [0.717, 1.165) is 0 Å². The SMILES string of the molecule is CC(=O)c1cccc(C(=O)NCCCC[C@H](N)C(=O)O)c1.Cl. The van der Waals surface area contributed by atoms with Crippen LogP contribution in [0.15, 0.2) is 24.3 Å². The molecule has 0 saturated heterocycles. The predicted molar refractivity (Wildman–Crippen MR) is 85.5 cm³/mol. The maximum atomic E-state index is 11.9. The summed E-state index contributed by atoms with van der Waals surface area (Å²) in [4.78, 5) is 33.7. The molecule has 1 aromatic rings. The lowest BCUT2D eigenvalue weighted by molar-refractivity contribution is -0.138. The lowest BCUT2D eigenvalue weighted by Crippen LogP contribution is -2.30. The summed E-state index contributed by atoms with van der Waals surface area (Å²) in [5.41, 5.74) is 6.31. The maximum Gasteiger partial charge on any atom is 0.320 e. The van der Waals surface area contributed by atoms with Gasteiger partial charge in [0.1, 0.15) is 6.04 Å². The van der Waals surface area contributed by atoms with E-state index < -0.39 is 12.0 Å². The topological polar surface area (TPSA) is 109 Å². The highest BCUT2D eigenvalue weighted by molar-refractivity contribution is 5.99. The maximum absolute atomic E-state index is 11.9. The van der Waals surface area contributed by atoms with Gasteiger partial charge in [0.15, 0.2) is 5.78 Å². The second-order valence-corrected chi connectivity index (χ2v) is 4.83. The zero-order chi connectivity index (χ0) is 15.8. The van der Waals surface area contributed by atoms with Gasteiger partial charge in [0, 0.05) is 17.7 Å². The van der Waals surface area contributed by atoms with E-state index in [1.807, 2.05) is 0 Å². The zero-order valence-corrected chi connectivity index (χ0v) is 13.2. The molecule has 0 bridgehead atoms. The fourth-order valence-corrected chi connectivity index (χ4v) is 1.80. The number of hydrogen-bond acceptors (Lipinski definition) is 4. The Hall–Kier alpha value is -1.92. The molecule has 1 rings (SSSR count). The normalized spacial score (nSPS) is 11.2. The fourth-order valence-electron chi connectivity index (χ4n) is 1.80. The van der Waals surface area contributed by atoms with Gasteiger partial charge in [0.05, 0.1) is 0 Å². The van der Waals surface area contributed by atoms with Crippen molar-refractivity contribution in [2.75, 3.05) is 6.54 Å². The first kappa shape index (κ1) is 20.1. The molecule has 6 nitrogen and oxygen atoms in total. The molecule has 1 aromatic carbocycles. The molecule has 0 spiro atoms. The second kappa shape index (κ2) is 9.92. The predicted octanol–water partition coefficient (Wildman–Crippen LogP) is 1.62. The van der Waals surface area contributed by atoms with Crippen LogP contribution in [0.25, 0.3) is 0 Å². The monoisotopic (exact) mass is 328 g/mol. The van der Waals surface area contributed by atoms with Crippen LogP contribution in [-0.2, 0) is 4.79 Å². The number of hydrogen-bond donors (Lipinski definition) is 3. The smallest absolute Gasteiger partial charge is 0.320 e. The fraction of sp³-hybridized carbons (Fsp3) is 0.400. The molecule has 0 aliphatic carbocycles. The Morgan fingerprint density at radius 3 is 2.45 bits per heavy atom. The third-order valence-corrected chi connectivity index (χ3v) is 3.08. The van der Waals surface area contributed by atoms with E-state index in [9.17, 15) is 14.4 Å². The number of aliphatic carboxylic acids is 1. The molecule has 0 radical (unpaired) electrons. The molecule has 122 valence electrons. The molecule has 1 amide bonds. The number of carbonyl (C=O) groups is 3. The van der Waals surface area contributed by atoms with E-state index in [0.29, 0.717) is 36.9 Å². The van der Waals surface area contributed by atoms with Gasteiger partial charge in [0.2, 0.25) is 0 Å². The van der Waals surface area contributed by atoms with Crippen LogP contribution in [0.5, 0.6) is 0 Å². The number of Topliss-reactive ketones (excluding diaryl/α,β-unsaturated/α-hetero) is 1. The molecule has 0 aliphatic heterocycles. The molecule has 0 fully saturated rings. The van der Waals surface area contributed by atoms with Crippen molar-refractivity contribution >= 4 is 30.1 Å². The summed E-state index contributed by atoms with van der Waals surface area (Å²) in [7, 11) is 0. The molecule has 22 heavy (non-hydrogen) atoms. The van der Waals surface area contributed by atoms with Crippen molar-refractivity contribution in [3.8, 4) is 0 Å². The van der Waals surface area contributed by atoms with Crippen molar-refractivity contribution in [3.63, 3.8) is 0 Å². The second-order valence-electron chi connectivity index (χ2n) is 4.83. The van der Waals surface area contributed by atoms with Crippen LogP contribution < -0.4 is 11.1 Å². The molecule has 0 unspecified atom stereocenters. The molecule has 7 heteroatoms. The van der Waals surface area contributed by atoms with Gasteiger partial charge in [-0.15, -0.1) is 12.4 Å². The van der Waals surface area contributed by atoms with Gasteiger partial charge >= 0.3 is 5.97 Å². The van der Waals surface area contributed by atoms with Gasteiger partial charge in [-0.05, 0) is 38.3 Å². The molecule has 1 atom stereocenters. The Morgan fingerprint density at radius 1 is 1.23 bits per heavy atom. The molecular formula is C15H21ClN2O4. The Balaban J connectivity index is 0.00000441. The van der Waals surface area contributed by atoms with E-state index in [-0.39, 0.29) is 24.1 Å². The quantitative estimate of drug-likeness (QED) is 0.496. The van der Waals surface area contributed by atoms with Crippen LogP contribution in [0.3, 0.4) is 0 Å². The lowest BCUT2D eigenvalue weighted by Gasteiger charge is -2.08. The van der Waals surface area contributed by atoms with Crippen LogP contribution in [0.2, 0.25) is 0 Å². The Morgan fingerprint density at radius 2 is 1.86 bits per heavy atom. The van der Waals surface area contributed by atoms with E-state index in [1.54, 1.807) is 24.3 Å². The summed E-state index contributed by atoms with van der Waals surface area (Å²) in [6, 6.07) is 5.66. The lowest BCUT2D eigenvalue weighted by atomic mass is 10.1. The highest BCUT2D eigenvalue weighted by atomic mass is 35.5. The van der Waals surface area contributed by atoms with Gasteiger partial charge < -0.3 is 16.2 Å². The number of amides is 1. The third-order valence-electron chi connectivity index (χ3n) is 3.08. The van der Waals surface area contributed by atoms with Crippen LogP contribution in [0.1, 0.15) is 46.9 Å². The number of nitrogens with two attached hydrogens (primary N) is 1. The highest BCUT2D eigenvalue weighted by Crippen LogP contribution is 2.06. The van der Waals surface area contributed by atoms with Crippen molar-refractivity contribution in [3.05, 3.63) is 35.4 Å². The minimum Gasteiger partial charge on any atom is -0.480 e. The number of nitrogens with one attached hydrogen (secondary N) is 1. The van der Waals surface area contributed by atoms with Crippen molar-refractivity contribution in [2.24, 2.45) is 5.73 Å². The molecule has 4 N–H and O–H groups in total. The number of benzene rings is 1. The standard InChI is InChI=1S/C15H20N2O4.ClH/c1-10(18)11-5-4-6-12(9-11)14(19)17-8-3-2-7-13(16)15(20)21;/h4-6,9,13H,2-3,7-8,16H2,1H3,(H,17,19)(H,20,21);1H/t13-;/m0./s1. The average Bonchev–Trinajstić information content (AvgIpc) is 2.46. The van der Waals surface area contributed by atoms with Crippen LogP contribution in [0.4, 0.5) is 0 Å². The van der Waals surface area contributed by atoms with Crippen LogP contribution >= 0.6 is 12.4 Å². The largest absolute Gasteiger partial charge is 0.480 e. The van der Waals surface area contributed by atoms with Crippen molar-refractivity contribution in [2.45, 2.75) is 32.2 Å². The van der Waals surface area contributed by atoms with Crippen LogP contribution in [0, 0.1) is 0 Å². The van der Waals surface area contributed by atoms with Gasteiger partial charge in [-0.1, -0.05) is 12.1 Å². The van der Waals surface area contributed by atoms with Gasteiger partial charge in [-0.2, -0.15) is 0 Å². The Labute approximate surface area is 135 Å². The Kier molecular flexibility index (Phi) is 9.05. The molecule has 0 aliphatic rings. The summed E-state index contributed by atoms with van der Waals surface area (Å²) in [6.07, 6.45) is 1.66. The number of carbonyl (C=O) groups excluding carboxylic acids is 2. The summed E-state index contributed by atoms with van der Waals surface area (Å²) in [6.45, 7) is 1.89. The minimum atomic E-state index is -1.01. The average molecular weight is 329 g/mol. The first-order valence-electron chi connectivity index (χ1n) is 6.79. The van der Waals surface area contributed by atoms with Gasteiger partial charge in [-0.3, -0.25) is 14.4 Å². The number of halogens is 1. The van der Waals surface area contributed by atoms with Gasteiger partial charge in [-0.25, -0.2) is 0 Å². The first-order valence-corrected chi connectivity index (χ1v) is 6.79. The van der Waals surface area contributed by atoms with Crippen molar-refractivity contribution in [1.82, 2.24) is 5.32 Å². The number of rotatable bonds is 8. The Bertz CT molecular complexity index is 534. The first-order chi connectivity index (χ1) is 9.91. The summed E-state index contributed by atoms with van der Waals surface area (Å²) >= 11 is 0. The molecule has 0 saturated carbocycles. The van der Waals surface area contributed by atoms with E-state index in [1.165, 1.54) is 6.92 Å². The number of carboxylic acid groups (broad SMARTS) is 1. The van der Waals surface area contributed by atoms with Crippen molar-refractivity contribution in [1.29, 1.82) is 0 Å². The highest BCUT2D eigenvalue weighted by Gasteiger charge is 2.11. The van der Waals surface area contributed by atoms with E-state index >= 15 is 0 Å². The zero-order valence-electron chi connectivity index (χ0n) is 12.4. The molecule has 0 aromatic heterocycles. The molecular weight excluding hydrogens is 308 g/mol. The third kappa shape index (κ3) is 6.69. The number of unbranched alkanes of at least 4 members (excludes halogenated alkanes) is 1. The summed E-state index contributed by atoms with van der Waals surface area (Å²) < 4.78 is 0. The minimum absolute atomic E-state index is 0. The number of ketones is 1. The summed E-state index contributed by atoms with van der Waals surface area (Å²) in [5.74, 6) is -1.35. The van der Waals surface area contributed by atoms with Gasteiger partial charge in [0.25, 0.3) is 5.91 Å². The van der Waals surface area contributed by atoms with E-state index in [4.69, 9.17) is 10.8 Å². The van der Waals surface area contributed by atoms with Crippen LogP contribution in [-0.4, -0.2) is 35.4 Å². The van der Waals surface area contributed by atoms with E-state index in [2.05, 4.69) is 5.32 Å².